The van der Waals surface area contributed by atoms with Gasteiger partial charge in [0.1, 0.15) is 11.5 Å². The smallest absolute Gasteiger partial charge is 0.321 e. The standard InChI is InChI=1S/C19H14FN5O3S/c1-29-18-21-10-15(25(18)14-7-5-12(20)6-8-14)17(26)22-13-4-2-3-11(9-13)16-23-19(27)28-24-16/h2-10H,1H3,(H,22,26)(H,23,24,27). The number of nitrogens with one attached hydrogen (secondary N) is 2. The van der Waals surface area contributed by atoms with Crippen LogP contribution in [0.5, 0.6) is 0 Å². The summed E-state index contributed by atoms with van der Waals surface area (Å²) in [5.41, 5.74) is 1.98. The number of carbonyl (C=O) groups is 1. The molecule has 2 heterocycles. The number of halogens is 1. The zero-order chi connectivity index (χ0) is 20.4. The predicted molar refractivity (Wildman–Crippen MR) is 106 cm³/mol. The molecule has 29 heavy (non-hydrogen) atoms. The molecule has 146 valence electrons. The highest BCUT2D eigenvalue weighted by Gasteiger charge is 2.18. The van der Waals surface area contributed by atoms with E-state index in [1.807, 2.05) is 6.26 Å². The number of aromatic amines is 1. The van der Waals surface area contributed by atoms with Gasteiger partial charge in [-0.15, -0.1) is 0 Å². The van der Waals surface area contributed by atoms with E-state index in [-0.39, 0.29) is 11.6 Å². The van der Waals surface area contributed by atoms with Gasteiger partial charge in [-0.2, -0.15) is 0 Å². The molecule has 2 aromatic carbocycles. The number of hydrogen-bond acceptors (Lipinski definition) is 6. The fraction of sp³-hybridized carbons (Fsp3) is 0.0526. The molecule has 0 unspecified atom stereocenters. The highest BCUT2D eigenvalue weighted by atomic mass is 32.2. The molecule has 4 rings (SSSR count). The zero-order valence-electron chi connectivity index (χ0n) is 15.0. The van der Waals surface area contributed by atoms with E-state index < -0.39 is 11.7 Å². The Hall–Kier alpha value is -3.66. The monoisotopic (exact) mass is 411 g/mol. The summed E-state index contributed by atoms with van der Waals surface area (Å²) >= 11 is 1.37. The molecule has 0 aliphatic rings. The summed E-state index contributed by atoms with van der Waals surface area (Å²) in [5, 5.41) is 7.03. The molecule has 0 aliphatic heterocycles. The second-order valence-electron chi connectivity index (χ2n) is 5.92. The lowest BCUT2D eigenvalue weighted by Gasteiger charge is -2.11. The van der Waals surface area contributed by atoms with E-state index in [0.29, 0.717) is 27.8 Å². The third-order valence-corrected chi connectivity index (χ3v) is 4.72. The van der Waals surface area contributed by atoms with Gasteiger partial charge in [0.25, 0.3) is 5.91 Å². The number of hydrogen-bond donors (Lipinski definition) is 2. The number of thioether (sulfide) groups is 1. The first-order valence-corrected chi connectivity index (χ1v) is 9.63. The van der Waals surface area contributed by atoms with Gasteiger partial charge < -0.3 is 5.32 Å². The molecule has 10 heteroatoms. The van der Waals surface area contributed by atoms with E-state index in [4.69, 9.17) is 0 Å². The van der Waals surface area contributed by atoms with Crippen LogP contribution < -0.4 is 11.1 Å². The lowest BCUT2D eigenvalue weighted by Crippen LogP contribution is -2.16. The van der Waals surface area contributed by atoms with Gasteiger partial charge in [0, 0.05) is 16.9 Å². The number of anilines is 1. The molecule has 0 saturated carbocycles. The summed E-state index contributed by atoms with van der Waals surface area (Å²) in [6.45, 7) is 0. The number of aromatic nitrogens is 4. The van der Waals surface area contributed by atoms with Gasteiger partial charge in [0.15, 0.2) is 11.0 Å². The minimum Gasteiger partial charge on any atom is -0.321 e. The molecule has 0 bridgehead atoms. The molecule has 0 radical (unpaired) electrons. The summed E-state index contributed by atoms with van der Waals surface area (Å²) < 4.78 is 19.5. The molecule has 0 atom stereocenters. The van der Waals surface area contributed by atoms with Gasteiger partial charge >= 0.3 is 5.76 Å². The molecule has 0 aliphatic carbocycles. The van der Waals surface area contributed by atoms with Gasteiger partial charge in [-0.1, -0.05) is 29.1 Å². The van der Waals surface area contributed by atoms with Crippen molar-refractivity contribution < 1.29 is 13.7 Å². The van der Waals surface area contributed by atoms with Crippen LogP contribution in [0.1, 0.15) is 10.5 Å². The Bertz CT molecular complexity index is 1230. The fourth-order valence-corrected chi connectivity index (χ4v) is 3.32. The number of rotatable bonds is 5. The molecular formula is C19H14FN5O3S. The van der Waals surface area contributed by atoms with Crippen LogP contribution in [0.15, 0.2) is 69.2 Å². The fourth-order valence-electron chi connectivity index (χ4n) is 2.77. The maximum Gasteiger partial charge on any atom is 0.439 e. The van der Waals surface area contributed by atoms with E-state index in [0.717, 1.165) is 0 Å². The molecule has 8 nitrogen and oxygen atoms in total. The van der Waals surface area contributed by atoms with Crippen molar-refractivity contribution in [2.24, 2.45) is 0 Å². The van der Waals surface area contributed by atoms with Crippen LogP contribution in [-0.2, 0) is 0 Å². The number of nitrogens with zero attached hydrogens (tertiary/aromatic N) is 3. The van der Waals surface area contributed by atoms with Crippen LogP contribution in [0.2, 0.25) is 0 Å². The van der Waals surface area contributed by atoms with Crippen LogP contribution in [0.4, 0.5) is 10.1 Å². The third kappa shape index (κ3) is 3.83. The van der Waals surface area contributed by atoms with Crippen LogP contribution >= 0.6 is 11.8 Å². The third-order valence-electron chi connectivity index (χ3n) is 4.06. The zero-order valence-corrected chi connectivity index (χ0v) is 15.9. The van der Waals surface area contributed by atoms with Crippen LogP contribution in [0.3, 0.4) is 0 Å². The van der Waals surface area contributed by atoms with Gasteiger partial charge in [0.2, 0.25) is 0 Å². The molecule has 4 aromatic rings. The Balaban J connectivity index is 1.65. The van der Waals surface area contributed by atoms with Crippen LogP contribution in [0, 0.1) is 5.82 Å². The predicted octanol–water partition coefficient (Wildman–Crippen LogP) is 3.33. The number of H-pyrrole nitrogens is 1. The maximum atomic E-state index is 13.3. The van der Waals surface area contributed by atoms with Crippen LogP contribution in [-0.4, -0.2) is 31.9 Å². The molecule has 2 N–H and O–H groups in total. The number of imidazole rings is 1. The second kappa shape index (κ2) is 7.76. The summed E-state index contributed by atoms with van der Waals surface area (Å²) in [7, 11) is 0. The highest BCUT2D eigenvalue weighted by Crippen LogP contribution is 2.24. The summed E-state index contributed by atoms with van der Waals surface area (Å²) in [5.74, 6) is -1.17. The van der Waals surface area contributed by atoms with Crippen molar-refractivity contribution >= 4 is 23.4 Å². The van der Waals surface area contributed by atoms with Crippen molar-refractivity contribution in [2.45, 2.75) is 5.16 Å². The van der Waals surface area contributed by atoms with E-state index >= 15 is 0 Å². The van der Waals surface area contributed by atoms with E-state index in [2.05, 4.69) is 25.0 Å². The summed E-state index contributed by atoms with van der Waals surface area (Å²) in [4.78, 5) is 30.8. The first-order chi connectivity index (χ1) is 14.0. The molecule has 1 amide bonds. The minimum absolute atomic E-state index is 0.257. The second-order valence-corrected chi connectivity index (χ2v) is 6.69. The Labute approximate surface area is 167 Å². The SMILES string of the molecule is CSc1ncc(C(=O)Nc2cccc(-c3noc(=O)[nH]3)c2)n1-c1ccc(F)cc1. The summed E-state index contributed by atoms with van der Waals surface area (Å²) in [6.07, 6.45) is 3.30. The van der Waals surface area contributed by atoms with Crippen molar-refractivity contribution in [3.05, 3.63) is 76.8 Å². The lowest BCUT2D eigenvalue weighted by molar-refractivity contribution is 0.102. The molecule has 0 saturated heterocycles. The van der Waals surface area contributed by atoms with Crippen molar-refractivity contribution in [3.8, 4) is 17.1 Å². The van der Waals surface area contributed by atoms with Gasteiger partial charge in [-0.25, -0.2) is 14.2 Å². The molecule has 2 aromatic heterocycles. The van der Waals surface area contributed by atoms with Gasteiger partial charge in [0.05, 0.1) is 6.20 Å². The molecule has 0 fully saturated rings. The quantitative estimate of drug-likeness (QED) is 0.488. The Morgan fingerprint density at radius 1 is 1.24 bits per heavy atom. The Morgan fingerprint density at radius 2 is 2.03 bits per heavy atom. The van der Waals surface area contributed by atoms with Gasteiger partial charge in [-0.05, 0) is 42.7 Å². The van der Waals surface area contributed by atoms with Gasteiger partial charge in [-0.3, -0.25) is 18.9 Å². The van der Waals surface area contributed by atoms with Crippen molar-refractivity contribution in [1.82, 2.24) is 19.7 Å². The molecule has 0 spiro atoms. The van der Waals surface area contributed by atoms with Crippen LogP contribution in [0.25, 0.3) is 17.1 Å². The topological polar surface area (TPSA) is 106 Å². The Morgan fingerprint density at radius 3 is 2.72 bits per heavy atom. The number of benzene rings is 2. The highest BCUT2D eigenvalue weighted by molar-refractivity contribution is 7.98. The van der Waals surface area contributed by atoms with E-state index in [1.165, 1.54) is 30.1 Å². The maximum absolute atomic E-state index is 13.3. The summed E-state index contributed by atoms with van der Waals surface area (Å²) in [6, 6.07) is 12.6. The normalized spacial score (nSPS) is 10.8. The first kappa shape index (κ1) is 18.7. The van der Waals surface area contributed by atoms with E-state index in [1.54, 1.807) is 41.0 Å². The largest absolute Gasteiger partial charge is 0.439 e. The minimum atomic E-state index is -0.665. The average Bonchev–Trinajstić information content (AvgIpc) is 3.35. The van der Waals surface area contributed by atoms with Crippen molar-refractivity contribution in [3.63, 3.8) is 0 Å². The number of carbonyl (C=O) groups excluding carboxylic acids is 1. The van der Waals surface area contributed by atoms with Crippen molar-refractivity contribution in [2.75, 3.05) is 11.6 Å². The first-order valence-electron chi connectivity index (χ1n) is 8.40. The average molecular weight is 411 g/mol. The van der Waals surface area contributed by atoms with Crippen molar-refractivity contribution in [1.29, 1.82) is 0 Å². The molecular weight excluding hydrogens is 397 g/mol. The lowest BCUT2D eigenvalue weighted by atomic mass is 10.2. The number of amides is 1. The van der Waals surface area contributed by atoms with E-state index in [9.17, 15) is 14.0 Å². The Kier molecular flexibility index (Phi) is 5.00.